The maximum absolute atomic E-state index is 13.5. The fourth-order valence-corrected chi connectivity index (χ4v) is 3.32. The van der Waals surface area contributed by atoms with Crippen LogP contribution < -0.4 is 5.32 Å². The molecule has 33 heavy (non-hydrogen) atoms. The lowest BCUT2D eigenvalue weighted by atomic mass is 9.85. The SMILES string of the molecule is COC(=O)[C@@H]1C[C@H](N=[N+]=[N-])CN1C(=O)[C@@H](NC(=O)[C@H](C)N(C)C(=O)OC(C)(C)C)C(C)(C)C. The highest BCUT2D eigenvalue weighted by molar-refractivity contribution is 5.93. The Kier molecular flexibility index (Phi) is 9.12. The fourth-order valence-electron chi connectivity index (χ4n) is 3.32. The highest BCUT2D eigenvalue weighted by atomic mass is 16.6. The van der Waals surface area contributed by atoms with E-state index in [9.17, 15) is 19.2 Å². The largest absolute Gasteiger partial charge is 0.467 e. The average molecular weight is 469 g/mol. The first-order chi connectivity index (χ1) is 15.0. The van der Waals surface area contributed by atoms with Gasteiger partial charge in [0.25, 0.3) is 0 Å². The number of hydrogen-bond donors (Lipinski definition) is 1. The second kappa shape index (κ2) is 10.7. The van der Waals surface area contributed by atoms with Crippen molar-refractivity contribution >= 4 is 23.9 Å². The van der Waals surface area contributed by atoms with Gasteiger partial charge in [-0.15, -0.1) is 0 Å². The van der Waals surface area contributed by atoms with Crippen LogP contribution in [-0.2, 0) is 23.9 Å². The number of likely N-dealkylation sites (tertiary alicyclic amines) is 1. The van der Waals surface area contributed by atoms with Crippen LogP contribution in [0.5, 0.6) is 0 Å². The molecule has 1 fully saturated rings. The molecule has 186 valence electrons. The van der Waals surface area contributed by atoms with Gasteiger partial charge >= 0.3 is 12.1 Å². The van der Waals surface area contributed by atoms with Gasteiger partial charge in [0.2, 0.25) is 11.8 Å². The Morgan fingerprint density at radius 3 is 2.21 bits per heavy atom. The normalized spacial score (nSPS) is 20.2. The Hall–Kier alpha value is -3.01. The van der Waals surface area contributed by atoms with Gasteiger partial charge in [0.15, 0.2) is 0 Å². The third-order valence-electron chi connectivity index (χ3n) is 5.29. The molecule has 0 aromatic heterocycles. The molecule has 4 atom stereocenters. The third kappa shape index (κ3) is 7.52. The third-order valence-corrected chi connectivity index (χ3v) is 5.29. The van der Waals surface area contributed by atoms with Crippen molar-refractivity contribution in [2.75, 3.05) is 20.7 Å². The summed E-state index contributed by atoms with van der Waals surface area (Å²) in [4.78, 5) is 56.3. The van der Waals surface area contributed by atoms with E-state index in [0.29, 0.717) is 0 Å². The summed E-state index contributed by atoms with van der Waals surface area (Å²) in [7, 11) is 2.65. The first-order valence-corrected chi connectivity index (χ1v) is 10.7. The van der Waals surface area contributed by atoms with Gasteiger partial charge in [0, 0.05) is 18.5 Å². The van der Waals surface area contributed by atoms with Gasteiger partial charge in [-0.25, -0.2) is 9.59 Å². The predicted molar refractivity (Wildman–Crippen MR) is 120 cm³/mol. The summed E-state index contributed by atoms with van der Waals surface area (Å²) in [5.74, 6) is -1.69. The zero-order valence-corrected chi connectivity index (χ0v) is 20.9. The van der Waals surface area contributed by atoms with Crippen molar-refractivity contribution in [3.8, 4) is 0 Å². The van der Waals surface area contributed by atoms with E-state index in [2.05, 4.69) is 15.3 Å². The number of ether oxygens (including phenoxy) is 2. The lowest BCUT2D eigenvalue weighted by Crippen LogP contribution is -2.59. The van der Waals surface area contributed by atoms with Crippen LogP contribution in [0.2, 0.25) is 0 Å². The zero-order valence-electron chi connectivity index (χ0n) is 20.9. The maximum atomic E-state index is 13.5. The van der Waals surface area contributed by atoms with Crippen molar-refractivity contribution < 1.29 is 28.7 Å². The van der Waals surface area contributed by atoms with E-state index in [1.54, 1.807) is 41.5 Å². The van der Waals surface area contributed by atoms with Crippen LogP contribution in [0.3, 0.4) is 0 Å². The smallest absolute Gasteiger partial charge is 0.410 e. The van der Waals surface area contributed by atoms with E-state index >= 15 is 0 Å². The second-order valence-corrected chi connectivity index (χ2v) is 10.2. The summed E-state index contributed by atoms with van der Waals surface area (Å²) in [6.45, 7) is 12.0. The lowest BCUT2D eigenvalue weighted by molar-refractivity contribution is -0.153. The number of nitrogens with zero attached hydrogens (tertiary/aromatic N) is 5. The summed E-state index contributed by atoms with van der Waals surface area (Å²) >= 11 is 0. The van der Waals surface area contributed by atoms with Crippen LogP contribution >= 0.6 is 0 Å². The minimum Gasteiger partial charge on any atom is -0.467 e. The molecule has 1 saturated heterocycles. The summed E-state index contributed by atoms with van der Waals surface area (Å²) in [5.41, 5.74) is 7.30. The minimum absolute atomic E-state index is 0.0263. The highest BCUT2D eigenvalue weighted by Crippen LogP contribution is 2.28. The van der Waals surface area contributed by atoms with Crippen molar-refractivity contribution in [2.24, 2.45) is 10.5 Å². The van der Waals surface area contributed by atoms with Crippen molar-refractivity contribution in [3.63, 3.8) is 0 Å². The number of esters is 1. The van der Waals surface area contributed by atoms with E-state index < -0.39 is 59.1 Å². The van der Waals surface area contributed by atoms with Crippen LogP contribution in [0.15, 0.2) is 5.11 Å². The van der Waals surface area contributed by atoms with Crippen LogP contribution in [0.25, 0.3) is 10.4 Å². The zero-order chi connectivity index (χ0) is 25.7. The molecule has 1 heterocycles. The minimum atomic E-state index is -1.02. The van der Waals surface area contributed by atoms with E-state index in [0.717, 1.165) is 4.90 Å². The Bertz CT molecular complexity index is 811. The Morgan fingerprint density at radius 2 is 1.76 bits per heavy atom. The van der Waals surface area contributed by atoms with E-state index in [1.165, 1.54) is 26.0 Å². The number of nitrogens with one attached hydrogen (secondary N) is 1. The molecule has 0 aliphatic carbocycles. The topological polar surface area (TPSA) is 154 Å². The fraction of sp³-hybridized carbons (Fsp3) is 0.810. The Balaban J connectivity index is 3.11. The van der Waals surface area contributed by atoms with Crippen molar-refractivity contribution in [3.05, 3.63) is 10.4 Å². The molecule has 0 saturated carbocycles. The quantitative estimate of drug-likeness (QED) is 0.273. The summed E-state index contributed by atoms with van der Waals surface area (Å²) in [6.07, 6.45) is -0.545. The van der Waals surface area contributed by atoms with E-state index in [4.69, 9.17) is 15.0 Å². The van der Waals surface area contributed by atoms with Gasteiger partial charge < -0.3 is 19.7 Å². The molecule has 0 spiro atoms. The Morgan fingerprint density at radius 1 is 1.18 bits per heavy atom. The van der Waals surface area contributed by atoms with Crippen molar-refractivity contribution in [2.45, 2.75) is 84.7 Å². The van der Waals surface area contributed by atoms with Gasteiger partial charge in [-0.1, -0.05) is 25.9 Å². The number of carbonyl (C=O) groups excluding carboxylic acids is 4. The Labute approximate surface area is 194 Å². The van der Waals surface area contributed by atoms with Crippen molar-refractivity contribution in [1.82, 2.24) is 15.1 Å². The number of hydrogen-bond acceptors (Lipinski definition) is 7. The molecule has 0 aromatic rings. The number of carbonyl (C=O) groups is 4. The molecule has 1 N–H and O–H groups in total. The molecular weight excluding hydrogens is 432 g/mol. The summed E-state index contributed by atoms with van der Waals surface area (Å²) in [5, 5.41) is 6.36. The molecule has 1 rings (SSSR count). The van der Waals surface area contributed by atoms with Crippen LogP contribution in [-0.4, -0.2) is 84.1 Å². The first kappa shape index (κ1) is 28.0. The van der Waals surface area contributed by atoms with Gasteiger partial charge in [-0.05, 0) is 45.1 Å². The molecule has 0 aromatic carbocycles. The standard InChI is InChI=1S/C21H36N6O6/c1-12(26(8)19(31)33-21(5,6)7)16(28)23-15(20(2,3)4)17(29)27-11-13(24-25-22)10-14(27)18(30)32-9/h12-15H,10-11H2,1-9H3,(H,23,28)/t12-,13-,14-,15+/m0/s1. The number of methoxy groups -OCH3 is 1. The summed E-state index contributed by atoms with van der Waals surface area (Å²) in [6, 6.07) is -3.46. The number of azide groups is 1. The molecule has 0 bridgehead atoms. The maximum Gasteiger partial charge on any atom is 0.410 e. The lowest BCUT2D eigenvalue weighted by Gasteiger charge is -2.36. The molecule has 3 amide bonds. The molecular formula is C21H36N6O6. The van der Waals surface area contributed by atoms with E-state index in [-0.39, 0.29) is 13.0 Å². The average Bonchev–Trinajstić information content (AvgIpc) is 3.11. The predicted octanol–water partition coefficient (Wildman–Crippen LogP) is 2.23. The molecule has 0 unspecified atom stereocenters. The molecule has 12 heteroatoms. The van der Waals surface area contributed by atoms with Crippen LogP contribution in [0.4, 0.5) is 4.79 Å². The number of rotatable bonds is 6. The van der Waals surface area contributed by atoms with E-state index in [1.807, 2.05) is 0 Å². The van der Waals surface area contributed by atoms with Gasteiger partial charge in [0.1, 0.15) is 23.7 Å². The van der Waals surface area contributed by atoms with Crippen molar-refractivity contribution in [1.29, 1.82) is 0 Å². The van der Waals surface area contributed by atoms with Gasteiger partial charge in [0.05, 0.1) is 13.2 Å². The van der Waals surface area contributed by atoms with Crippen LogP contribution in [0, 0.1) is 5.41 Å². The van der Waals surface area contributed by atoms with Gasteiger partial charge in [-0.2, -0.15) is 0 Å². The monoisotopic (exact) mass is 468 g/mol. The second-order valence-electron chi connectivity index (χ2n) is 10.2. The van der Waals surface area contributed by atoms with Crippen LogP contribution in [0.1, 0.15) is 54.9 Å². The molecule has 1 aliphatic rings. The van der Waals surface area contributed by atoms with Gasteiger partial charge in [-0.3, -0.25) is 14.5 Å². The molecule has 1 aliphatic heterocycles. The molecule has 12 nitrogen and oxygen atoms in total. The summed E-state index contributed by atoms with van der Waals surface area (Å²) < 4.78 is 10.1. The number of likely N-dealkylation sites (N-methyl/N-ethyl adjacent to an activating group) is 1. The highest BCUT2D eigenvalue weighted by Gasteiger charge is 2.45. The molecule has 0 radical (unpaired) electrons. The number of amides is 3. The first-order valence-electron chi connectivity index (χ1n) is 10.7.